The number of thiazole rings is 1. The standard InChI is InChI=1S/C24H31N5O3S2/c1-24(2,3)18-13-27-20(32-18)15-33-21-14-28-23(34-21)17(22(25)31)9-5-4-6-10-19(30)29-16-8-7-11-26-12-16/h7-8,11-14,17H,4-6,9-10,15H2,1-3H3,(H2,25,31)(H,29,30). The van der Waals surface area contributed by atoms with Crippen molar-refractivity contribution in [3.8, 4) is 0 Å². The molecule has 0 bridgehead atoms. The Morgan fingerprint density at radius 3 is 2.68 bits per heavy atom. The average molecular weight is 502 g/mol. The fourth-order valence-electron chi connectivity index (χ4n) is 3.21. The van der Waals surface area contributed by atoms with Crippen LogP contribution in [0.5, 0.6) is 0 Å². The molecule has 10 heteroatoms. The number of nitrogens with one attached hydrogen (secondary N) is 1. The number of nitrogens with zero attached hydrogens (tertiary/aromatic N) is 3. The molecule has 0 aromatic carbocycles. The van der Waals surface area contributed by atoms with Crippen LogP contribution in [0.15, 0.2) is 45.5 Å². The van der Waals surface area contributed by atoms with Gasteiger partial charge in [0.1, 0.15) is 10.8 Å². The first-order chi connectivity index (χ1) is 16.2. The number of thioether (sulfide) groups is 1. The highest BCUT2D eigenvalue weighted by molar-refractivity contribution is 8.00. The molecule has 0 aliphatic rings. The van der Waals surface area contributed by atoms with E-state index in [1.165, 1.54) is 11.3 Å². The maximum absolute atomic E-state index is 12.0. The summed E-state index contributed by atoms with van der Waals surface area (Å²) in [4.78, 5) is 36.8. The topological polar surface area (TPSA) is 124 Å². The van der Waals surface area contributed by atoms with E-state index in [9.17, 15) is 9.59 Å². The highest BCUT2D eigenvalue weighted by atomic mass is 32.2. The Morgan fingerprint density at radius 1 is 1.18 bits per heavy atom. The lowest BCUT2D eigenvalue weighted by molar-refractivity contribution is -0.119. The second kappa shape index (κ2) is 12.1. The van der Waals surface area contributed by atoms with E-state index in [0.717, 1.165) is 34.2 Å². The van der Waals surface area contributed by atoms with E-state index in [1.807, 2.05) is 0 Å². The number of rotatable bonds is 12. The van der Waals surface area contributed by atoms with E-state index in [0.29, 0.717) is 30.2 Å². The summed E-state index contributed by atoms with van der Waals surface area (Å²) in [7, 11) is 0. The highest BCUT2D eigenvalue weighted by Gasteiger charge is 2.22. The van der Waals surface area contributed by atoms with Crippen LogP contribution in [-0.4, -0.2) is 26.8 Å². The van der Waals surface area contributed by atoms with Crippen LogP contribution >= 0.6 is 23.1 Å². The third-order valence-corrected chi connectivity index (χ3v) is 7.41. The molecule has 182 valence electrons. The van der Waals surface area contributed by atoms with E-state index in [4.69, 9.17) is 10.2 Å². The number of carbonyl (C=O) groups is 2. The van der Waals surface area contributed by atoms with Crippen molar-refractivity contribution < 1.29 is 14.0 Å². The largest absolute Gasteiger partial charge is 0.444 e. The van der Waals surface area contributed by atoms with E-state index >= 15 is 0 Å². The Bertz CT molecular complexity index is 1080. The Labute approximate surface area is 208 Å². The minimum Gasteiger partial charge on any atom is -0.444 e. The molecule has 0 radical (unpaired) electrons. The summed E-state index contributed by atoms with van der Waals surface area (Å²) in [6, 6.07) is 3.58. The maximum atomic E-state index is 12.0. The molecule has 34 heavy (non-hydrogen) atoms. The van der Waals surface area contributed by atoms with Gasteiger partial charge in [-0.1, -0.05) is 33.6 Å². The van der Waals surface area contributed by atoms with Crippen LogP contribution in [0.3, 0.4) is 0 Å². The summed E-state index contributed by atoms with van der Waals surface area (Å²) in [5, 5.41) is 3.55. The van der Waals surface area contributed by atoms with E-state index in [1.54, 1.807) is 48.7 Å². The Kier molecular flexibility index (Phi) is 9.23. The minimum absolute atomic E-state index is 0.0401. The number of amides is 2. The number of hydrogen-bond acceptors (Lipinski definition) is 8. The predicted octanol–water partition coefficient (Wildman–Crippen LogP) is 5.27. The van der Waals surface area contributed by atoms with Gasteiger partial charge in [-0.25, -0.2) is 9.97 Å². The van der Waals surface area contributed by atoms with Gasteiger partial charge in [0, 0.05) is 18.0 Å². The van der Waals surface area contributed by atoms with Crippen LogP contribution < -0.4 is 11.1 Å². The van der Waals surface area contributed by atoms with E-state index < -0.39 is 5.92 Å². The molecule has 2 amide bonds. The van der Waals surface area contributed by atoms with Crippen LogP contribution in [0.2, 0.25) is 0 Å². The second-order valence-corrected chi connectivity index (χ2v) is 11.4. The molecular weight excluding hydrogens is 470 g/mol. The fourth-order valence-corrected chi connectivity index (χ4v) is 5.20. The number of aromatic nitrogens is 3. The molecule has 1 atom stereocenters. The molecule has 0 aliphatic carbocycles. The molecule has 3 N–H and O–H groups in total. The van der Waals surface area contributed by atoms with Crippen molar-refractivity contribution in [2.75, 3.05) is 5.32 Å². The quantitative estimate of drug-likeness (QED) is 0.256. The Balaban J connectivity index is 1.42. The first kappa shape index (κ1) is 25.9. The van der Waals surface area contributed by atoms with Crippen molar-refractivity contribution in [1.82, 2.24) is 15.0 Å². The average Bonchev–Trinajstić information content (AvgIpc) is 3.45. The van der Waals surface area contributed by atoms with Gasteiger partial charge < -0.3 is 15.5 Å². The summed E-state index contributed by atoms with van der Waals surface area (Å²) >= 11 is 3.06. The SMILES string of the molecule is CC(C)(C)c1cnc(CSc2cnc(C(CCCCCC(=O)Nc3cccnc3)C(N)=O)s2)o1. The molecule has 0 spiro atoms. The van der Waals surface area contributed by atoms with Gasteiger partial charge >= 0.3 is 0 Å². The normalized spacial score (nSPS) is 12.4. The van der Waals surface area contributed by atoms with Crippen molar-refractivity contribution in [3.63, 3.8) is 0 Å². The molecular formula is C24H31N5O3S2. The van der Waals surface area contributed by atoms with Crippen LogP contribution in [0.4, 0.5) is 5.69 Å². The van der Waals surface area contributed by atoms with Crippen LogP contribution in [-0.2, 0) is 20.8 Å². The number of unbranched alkanes of at least 4 members (excludes halogenated alkanes) is 2. The Hall–Kier alpha value is -2.72. The lowest BCUT2D eigenvalue weighted by Gasteiger charge is -2.12. The molecule has 3 aromatic rings. The number of oxazole rings is 1. The molecule has 0 saturated carbocycles. The summed E-state index contributed by atoms with van der Waals surface area (Å²) < 4.78 is 6.82. The van der Waals surface area contributed by atoms with Gasteiger partial charge in [0.25, 0.3) is 0 Å². The number of anilines is 1. The number of nitrogens with two attached hydrogens (primary N) is 1. The van der Waals surface area contributed by atoms with Crippen molar-refractivity contribution in [3.05, 3.63) is 53.6 Å². The lowest BCUT2D eigenvalue weighted by Crippen LogP contribution is -2.21. The number of primary amides is 1. The first-order valence-corrected chi connectivity index (χ1v) is 13.1. The third kappa shape index (κ3) is 7.95. The smallest absolute Gasteiger partial charge is 0.227 e. The van der Waals surface area contributed by atoms with E-state index in [2.05, 4.69) is 41.0 Å². The number of carbonyl (C=O) groups excluding carboxylic acids is 2. The summed E-state index contributed by atoms with van der Waals surface area (Å²) in [5.41, 5.74) is 6.27. The van der Waals surface area contributed by atoms with Crippen LogP contribution in [0.1, 0.15) is 75.5 Å². The highest BCUT2D eigenvalue weighted by Crippen LogP contribution is 2.34. The van der Waals surface area contributed by atoms with Gasteiger partial charge in [0.15, 0.2) is 0 Å². The molecule has 0 saturated heterocycles. The monoisotopic (exact) mass is 501 g/mol. The maximum Gasteiger partial charge on any atom is 0.227 e. The second-order valence-electron chi connectivity index (χ2n) is 9.02. The molecule has 0 fully saturated rings. The van der Waals surface area contributed by atoms with Crippen molar-refractivity contribution in [1.29, 1.82) is 0 Å². The molecule has 1 unspecified atom stereocenters. The summed E-state index contributed by atoms with van der Waals surface area (Å²) in [6.07, 6.45) is 10.2. The van der Waals surface area contributed by atoms with Gasteiger partial charge in [-0.2, -0.15) is 0 Å². The minimum atomic E-state index is -0.419. The zero-order chi connectivity index (χ0) is 24.6. The number of hydrogen-bond donors (Lipinski definition) is 2. The zero-order valence-corrected chi connectivity index (χ0v) is 21.4. The number of pyridine rings is 1. The zero-order valence-electron chi connectivity index (χ0n) is 19.7. The third-order valence-electron chi connectivity index (χ3n) is 5.12. The van der Waals surface area contributed by atoms with Crippen LogP contribution in [0.25, 0.3) is 0 Å². The molecule has 3 aromatic heterocycles. The van der Waals surface area contributed by atoms with Crippen LogP contribution in [0, 0.1) is 0 Å². The van der Waals surface area contributed by atoms with Crippen molar-refractivity contribution in [2.24, 2.45) is 5.73 Å². The first-order valence-electron chi connectivity index (χ1n) is 11.3. The van der Waals surface area contributed by atoms with Gasteiger partial charge in [0.05, 0.1) is 40.2 Å². The van der Waals surface area contributed by atoms with Gasteiger partial charge in [-0.15, -0.1) is 23.1 Å². The van der Waals surface area contributed by atoms with Gasteiger partial charge in [-0.05, 0) is 25.0 Å². The molecule has 8 nitrogen and oxygen atoms in total. The lowest BCUT2D eigenvalue weighted by atomic mass is 9.94. The van der Waals surface area contributed by atoms with Crippen molar-refractivity contribution in [2.45, 2.75) is 74.2 Å². The van der Waals surface area contributed by atoms with Gasteiger partial charge in [-0.3, -0.25) is 14.6 Å². The fraction of sp³-hybridized carbons (Fsp3) is 0.458. The summed E-state index contributed by atoms with van der Waals surface area (Å²) in [6.45, 7) is 6.25. The van der Waals surface area contributed by atoms with Crippen molar-refractivity contribution >= 4 is 40.6 Å². The van der Waals surface area contributed by atoms with Gasteiger partial charge in [0.2, 0.25) is 17.7 Å². The summed E-state index contributed by atoms with van der Waals surface area (Å²) in [5.74, 6) is 1.29. The Morgan fingerprint density at radius 2 is 2.00 bits per heavy atom. The van der Waals surface area contributed by atoms with E-state index in [-0.39, 0.29) is 17.2 Å². The predicted molar refractivity (Wildman–Crippen MR) is 135 cm³/mol. The molecule has 3 heterocycles. The molecule has 3 rings (SSSR count). The molecule has 0 aliphatic heterocycles.